The molecule has 0 saturated carbocycles. The molecule has 1 aromatic heterocycles. The number of benzene rings is 3. The molecule has 4 rings (SSSR count). The van der Waals surface area contributed by atoms with Crippen molar-refractivity contribution in [1.82, 2.24) is 14.7 Å². The summed E-state index contributed by atoms with van der Waals surface area (Å²) in [5, 5.41) is 4.42. The van der Waals surface area contributed by atoms with E-state index in [4.69, 9.17) is 0 Å². The van der Waals surface area contributed by atoms with E-state index in [-0.39, 0.29) is 5.91 Å². The van der Waals surface area contributed by atoms with Crippen molar-refractivity contribution in [2.45, 2.75) is 26.9 Å². The van der Waals surface area contributed by atoms with E-state index in [1.807, 2.05) is 55.3 Å². The molecule has 0 aliphatic heterocycles. The first kappa shape index (κ1) is 20.6. The van der Waals surface area contributed by atoms with Gasteiger partial charge in [-0.3, -0.25) is 9.48 Å². The molecule has 1 heterocycles. The minimum atomic E-state index is -0.0564. The Kier molecular flexibility index (Phi) is 5.99. The molecule has 31 heavy (non-hydrogen) atoms. The molecule has 0 aliphatic rings. The van der Waals surface area contributed by atoms with Gasteiger partial charge in [-0.05, 0) is 47.7 Å². The molecule has 0 atom stereocenters. The standard InChI is InChI=1S/C27H27N3O/c1-20-9-7-8-12-25(20)19-30(27(31)26-17-21(2)29(3)28-26)18-22-13-15-24(16-14-22)23-10-5-4-6-11-23/h4-17H,18-19H2,1-3H3. The normalized spacial score (nSPS) is 10.8. The SMILES string of the molecule is Cc1ccccc1CN(Cc1ccc(-c2ccccc2)cc1)C(=O)c1cc(C)n(C)n1. The lowest BCUT2D eigenvalue weighted by Gasteiger charge is -2.23. The molecule has 0 spiro atoms. The van der Waals surface area contributed by atoms with Gasteiger partial charge in [-0.2, -0.15) is 5.10 Å². The molecule has 156 valence electrons. The van der Waals surface area contributed by atoms with Crippen LogP contribution in [0.15, 0.2) is 84.9 Å². The predicted molar refractivity (Wildman–Crippen MR) is 125 cm³/mol. The quantitative estimate of drug-likeness (QED) is 0.419. The highest BCUT2D eigenvalue weighted by Gasteiger charge is 2.20. The Bertz CT molecular complexity index is 1160. The first-order valence-electron chi connectivity index (χ1n) is 10.5. The molecule has 4 nitrogen and oxygen atoms in total. The lowest BCUT2D eigenvalue weighted by molar-refractivity contribution is 0.0723. The van der Waals surface area contributed by atoms with Crippen LogP contribution >= 0.6 is 0 Å². The van der Waals surface area contributed by atoms with Crippen LogP contribution in [-0.4, -0.2) is 20.6 Å². The van der Waals surface area contributed by atoms with Crippen molar-refractivity contribution in [1.29, 1.82) is 0 Å². The van der Waals surface area contributed by atoms with E-state index in [0.29, 0.717) is 18.8 Å². The van der Waals surface area contributed by atoms with Gasteiger partial charge in [0.15, 0.2) is 5.69 Å². The fourth-order valence-electron chi connectivity index (χ4n) is 3.67. The van der Waals surface area contributed by atoms with Crippen LogP contribution in [-0.2, 0) is 20.1 Å². The van der Waals surface area contributed by atoms with Gasteiger partial charge >= 0.3 is 0 Å². The van der Waals surface area contributed by atoms with Gasteiger partial charge in [-0.1, -0.05) is 78.9 Å². The zero-order chi connectivity index (χ0) is 21.8. The molecule has 4 heteroatoms. The highest BCUT2D eigenvalue weighted by atomic mass is 16.2. The van der Waals surface area contributed by atoms with Crippen LogP contribution in [0.3, 0.4) is 0 Å². The lowest BCUT2D eigenvalue weighted by atomic mass is 10.0. The van der Waals surface area contributed by atoms with Crippen molar-refractivity contribution in [2.24, 2.45) is 7.05 Å². The third-order valence-electron chi connectivity index (χ3n) is 5.68. The second kappa shape index (κ2) is 9.00. The lowest BCUT2D eigenvalue weighted by Crippen LogP contribution is -2.30. The Hall–Kier alpha value is -3.66. The van der Waals surface area contributed by atoms with Gasteiger partial charge in [0.1, 0.15) is 0 Å². The van der Waals surface area contributed by atoms with Gasteiger partial charge in [-0.15, -0.1) is 0 Å². The van der Waals surface area contributed by atoms with Crippen molar-refractivity contribution in [2.75, 3.05) is 0 Å². The third-order valence-corrected chi connectivity index (χ3v) is 5.68. The highest BCUT2D eigenvalue weighted by Crippen LogP contribution is 2.21. The van der Waals surface area contributed by atoms with Gasteiger partial charge in [0, 0.05) is 25.8 Å². The molecule has 0 N–H and O–H groups in total. The maximum Gasteiger partial charge on any atom is 0.274 e. The first-order valence-corrected chi connectivity index (χ1v) is 10.5. The van der Waals surface area contributed by atoms with Crippen LogP contribution in [0, 0.1) is 13.8 Å². The molecule has 0 radical (unpaired) electrons. The summed E-state index contributed by atoms with van der Waals surface area (Å²) in [5.74, 6) is -0.0564. The van der Waals surface area contributed by atoms with Gasteiger partial charge in [0.05, 0.1) is 0 Å². The van der Waals surface area contributed by atoms with Gasteiger partial charge in [0.2, 0.25) is 0 Å². The van der Waals surface area contributed by atoms with Crippen molar-refractivity contribution in [3.05, 3.63) is 113 Å². The topological polar surface area (TPSA) is 38.1 Å². The van der Waals surface area contributed by atoms with Crippen molar-refractivity contribution < 1.29 is 4.79 Å². The molecule has 0 saturated heterocycles. The molecule has 1 amide bonds. The summed E-state index contributed by atoms with van der Waals surface area (Å²) in [6.45, 7) is 5.11. The number of carbonyl (C=O) groups is 1. The number of nitrogens with zero attached hydrogens (tertiary/aromatic N) is 3. The summed E-state index contributed by atoms with van der Waals surface area (Å²) in [6.07, 6.45) is 0. The smallest absolute Gasteiger partial charge is 0.274 e. The van der Waals surface area contributed by atoms with Crippen LogP contribution < -0.4 is 0 Å². The Labute approximate surface area is 183 Å². The van der Waals surface area contributed by atoms with Crippen LogP contribution in [0.25, 0.3) is 11.1 Å². The average molecular weight is 410 g/mol. The maximum atomic E-state index is 13.4. The molecular weight excluding hydrogens is 382 g/mol. The zero-order valence-electron chi connectivity index (χ0n) is 18.2. The van der Waals surface area contributed by atoms with Crippen LogP contribution in [0.5, 0.6) is 0 Å². The van der Waals surface area contributed by atoms with Crippen LogP contribution in [0.1, 0.15) is 32.9 Å². The van der Waals surface area contributed by atoms with Crippen molar-refractivity contribution in [3.63, 3.8) is 0 Å². The Morgan fingerprint density at radius 3 is 2.13 bits per heavy atom. The van der Waals surface area contributed by atoms with Gasteiger partial charge in [-0.25, -0.2) is 0 Å². The highest BCUT2D eigenvalue weighted by molar-refractivity contribution is 5.92. The average Bonchev–Trinajstić information content (AvgIpc) is 3.13. The van der Waals surface area contributed by atoms with Crippen molar-refractivity contribution in [3.8, 4) is 11.1 Å². The van der Waals surface area contributed by atoms with Crippen molar-refractivity contribution >= 4 is 5.91 Å². The molecule has 4 aromatic rings. The molecule has 3 aromatic carbocycles. The molecule has 0 unspecified atom stereocenters. The van der Waals surface area contributed by atoms with E-state index in [2.05, 4.69) is 60.6 Å². The molecular formula is C27H27N3O. The zero-order valence-corrected chi connectivity index (χ0v) is 18.2. The number of hydrogen-bond acceptors (Lipinski definition) is 2. The Morgan fingerprint density at radius 2 is 1.48 bits per heavy atom. The number of aromatic nitrogens is 2. The van der Waals surface area contributed by atoms with E-state index in [9.17, 15) is 4.79 Å². The summed E-state index contributed by atoms with van der Waals surface area (Å²) in [7, 11) is 1.86. The molecule has 0 fully saturated rings. The van der Waals surface area contributed by atoms with E-state index in [1.54, 1.807) is 4.68 Å². The first-order chi connectivity index (χ1) is 15.0. The van der Waals surface area contributed by atoms with E-state index in [0.717, 1.165) is 16.8 Å². The number of carbonyl (C=O) groups excluding carboxylic acids is 1. The number of rotatable bonds is 6. The summed E-state index contributed by atoms with van der Waals surface area (Å²) < 4.78 is 1.74. The molecule has 0 bridgehead atoms. The van der Waals surface area contributed by atoms with Crippen LogP contribution in [0.2, 0.25) is 0 Å². The monoisotopic (exact) mass is 409 g/mol. The minimum absolute atomic E-state index is 0.0564. The summed E-state index contributed by atoms with van der Waals surface area (Å²) >= 11 is 0. The van der Waals surface area contributed by atoms with E-state index < -0.39 is 0 Å². The third kappa shape index (κ3) is 4.75. The fourth-order valence-corrected chi connectivity index (χ4v) is 3.67. The van der Waals surface area contributed by atoms with E-state index >= 15 is 0 Å². The summed E-state index contributed by atoms with van der Waals surface area (Å²) in [6, 6.07) is 28.8. The largest absolute Gasteiger partial charge is 0.329 e. The minimum Gasteiger partial charge on any atom is -0.329 e. The van der Waals surface area contributed by atoms with Gasteiger partial charge < -0.3 is 4.90 Å². The van der Waals surface area contributed by atoms with E-state index in [1.165, 1.54) is 16.7 Å². The molecule has 0 aliphatic carbocycles. The second-order valence-electron chi connectivity index (χ2n) is 7.95. The number of hydrogen-bond donors (Lipinski definition) is 0. The number of aryl methyl sites for hydroxylation is 3. The van der Waals surface area contributed by atoms with Crippen LogP contribution in [0.4, 0.5) is 0 Å². The maximum absolute atomic E-state index is 13.4. The number of amides is 1. The Morgan fingerprint density at radius 1 is 0.839 bits per heavy atom. The van der Waals surface area contributed by atoms with Gasteiger partial charge in [0.25, 0.3) is 5.91 Å². The second-order valence-corrected chi connectivity index (χ2v) is 7.95. The Balaban J connectivity index is 1.60. The fraction of sp³-hybridized carbons (Fsp3) is 0.185. The summed E-state index contributed by atoms with van der Waals surface area (Å²) in [5.41, 5.74) is 7.21. The predicted octanol–water partition coefficient (Wildman–Crippen LogP) is 5.55. The summed E-state index contributed by atoms with van der Waals surface area (Å²) in [4.78, 5) is 15.2.